The van der Waals surface area contributed by atoms with Gasteiger partial charge in [-0.25, -0.2) is 13.1 Å². The summed E-state index contributed by atoms with van der Waals surface area (Å²) in [4.78, 5) is 0.118. The van der Waals surface area contributed by atoms with E-state index in [0.717, 1.165) is 0 Å². The van der Waals surface area contributed by atoms with E-state index in [4.69, 9.17) is 11.6 Å². The number of hydrogen-bond donors (Lipinski definition) is 1. The molecule has 1 rings (SSSR count). The highest BCUT2D eigenvalue weighted by molar-refractivity contribution is 9.10. The van der Waals surface area contributed by atoms with Gasteiger partial charge in [0.15, 0.2) is 0 Å². The van der Waals surface area contributed by atoms with E-state index in [1.165, 1.54) is 24.5 Å². The van der Waals surface area contributed by atoms with Crippen molar-refractivity contribution < 1.29 is 12.6 Å². The number of hydrogen-bond acceptors (Lipinski definition) is 3. The van der Waals surface area contributed by atoms with Gasteiger partial charge in [-0.05, 0) is 41.1 Å². The topological polar surface area (TPSA) is 63.2 Å². The van der Waals surface area contributed by atoms with E-state index in [9.17, 15) is 12.6 Å². The third-order valence-electron chi connectivity index (χ3n) is 2.33. The summed E-state index contributed by atoms with van der Waals surface area (Å²) in [5.74, 6) is 0. The first-order chi connectivity index (χ1) is 8.24. The van der Waals surface area contributed by atoms with Gasteiger partial charge in [0.1, 0.15) is 0 Å². The predicted octanol–water partition coefficient (Wildman–Crippen LogP) is 2.15. The second-order valence-electron chi connectivity index (χ2n) is 3.74. The quantitative estimate of drug-likeness (QED) is 0.859. The summed E-state index contributed by atoms with van der Waals surface area (Å²) in [7, 11) is -4.67. The lowest BCUT2D eigenvalue weighted by atomic mass is 10.4. The first kappa shape index (κ1) is 16.1. The summed E-state index contributed by atoms with van der Waals surface area (Å²) in [6, 6.07) is 4.35. The lowest BCUT2D eigenvalue weighted by Gasteiger charge is -2.11. The molecule has 0 amide bonds. The number of benzene rings is 1. The van der Waals surface area contributed by atoms with Gasteiger partial charge in [0.2, 0.25) is 10.0 Å². The molecule has 4 nitrogen and oxygen atoms in total. The van der Waals surface area contributed by atoms with E-state index in [0.29, 0.717) is 9.50 Å². The first-order valence-corrected chi connectivity index (χ1v) is 9.28. The third-order valence-corrected chi connectivity index (χ3v) is 6.26. The number of sulfonamides is 1. The third kappa shape index (κ3) is 4.31. The van der Waals surface area contributed by atoms with E-state index in [2.05, 4.69) is 20.7 Å². The summed E-state index contributed by atoms with van der Waals surface area (Å²) < 4.78 is 38.0. The molecule has 0 aliphatic rings. The Bertz CT molecular complexity index is 562. The molecule has 0 aromatic heterocycles. The minimum absolute atomic E-state index is 0.118. The predicted molar refractivity (Wildman–Crippen MR) is 77.9 cm³/mol. The van der Waals surface area contributed by atoms with E-state index >= 15 is 0 Å². The fraction of sp³-hybridized carbons (Fsp3) is 0.400. The highest BCUT2D eigenvalue weighted by atomic mass is 79.9. The van der Waals surface area contributed by atoms with Crippen LogP contribution in [0.4, 0.5) is 0 Å². The van der Waals surface area contributed by atoms with Crippen molar-refractivity contribution in [1.82, 2.24) is 4.72 Å². The maximum atomic E-state index is 11.9. The molecule has 18 heavy (non-hydrogen) atoms. The van der Waals surface area contributed by atoms with E-state index < -0.39 is 20.8 Å². The summed E-state index contributed by atoms with van der Waals surface area (Å²) in [6.45, 7) is 1.85. The summed E-state index contributed by atoms with van der Waals surface area (Å²) in [6.07, 6.45) is 1.54. The van der Waals surface area contributed by atoms with Crippen molar-refractivity contribution in [2.24, 2.45) is 0 Å². The molecule has 1 N–H and O–H groups in total. The summed E-state index contributed by atoms with van der Waals surface area (Å²) >= 11 is 8.97. The molecule has 0 bridgehead atoms. The van der Waals surface area contributed by atoms with Crippen LogP contribution >= 0.6 is 27.5 Å². The fourth-order valence-electron chi connectivity index (χ4n) is 1.07. The van der Waals surface area contributed by atoms with Crippen LogP contribution in [0.1, 0.15) is 6.92 Å². The molecule has 0 spiro atoms. The molecule has 0 fully saturated rings. The zero-order chi connectivity index (χ0) is 13.9. The van der Waals surface area contributed by atoms with Crippen LogP contribution < -0.4 is 4.72 Å². The molecule has 8 heteroatoms. The number of rotatable bonds is 5. The molecular formula is C10H13BrClNO3S2. The Balaban J connectivity index is 2.87. The molecule has 1 aromatic carbocycles. The number of nitrogens with one attached hydrogen (secondary N) is 1. The largest absolute Gasteiger partial charge is 0.260 e. The lowest BCUT2D eigenvalue weighted by molar-refractivity contribution is 0.580. The molecule has 1 aromatic rings. The molecule has 2 unspecified atom stereocenters. The highest BCUT2D eigenvalue weighted by Crippen LogP contribution is 2.25. The summed E-state index contributed by atoms with van der Waals surface area (Å²) in [5.41, 5.74) is 0. The van der Waals surface area contributed by atoms with E-state index in [-0.39, 0.29) is 16.7 Å². The molecule has 2 atom stereocenters. The van der Waals surface area contributed by atoms with Crippen LogP contribution in [-0.2, 0) is 20.8 Å². The van der Waals surface area contributed by atoms with Gasteiger partial charge in [-0.2, -0.15) is 0 Å². The molecule has 0 aliphatic carbocycles. The zero-order valence-electron chi connectivity index (χ0n) is 9.81. The molecule has 0 saturated carbocycles. The molecule has 0 radical (unpaired) electrons. The van der Waals surface area contributed by atoms with Crippen LogP contribution in [0.3, 0.4) is 0 Å². The van der Waals surface area contributed by atoms with Gasteiger partial charge in [0, 0.05) is 33.3 Å². The Labute approximate surface area is 123 Å². The van der Waals surface area contributed by atoms with Crippen molar-refractivity contribution >= 4 is 48.4 Å². The monoisotopic (exact) mass is 373 g/mol. The van der Waals surface area contributed by atoms with Crippen molar-refractivity contribution in [2.45, 2.75) is 17.1 Å². The van der Waals surface area contributed by atoms with Gasteiger partial charge in [0.25, 0.3) is 0 Å². The Morgan fingerprint density at radius 1 is 1.50 bits per heavy atom. The SMILES string of the molecule is CC(CNS(=O)(=O)c1ccc(Cl)c(Br)c1)S(C)=O. The van der Waals surface area contributed by atoms with Gasteiger partial charge < -0.3 is 0 Å². The van der Waals surface area contributed by atoms with Gasteiger partial charge in [0.05, 0.1) is 9.92 Å². The van der Waals surface area contributed by atoms with E-state index in [1.54, 1.807) is 6.92 Å². The van der Waals surface area contributed by atoms with Crippen molar-refractivity contribution in [2.75, 3.05) is 12.8 Å². The van der Waals surface area contributed by atoms with Crippen LogP contribution in [0.15, 0.2) is 27.6 Å². The number of halogens is 2. The normalized spacial score (nSPS) is 15.3. The van der Waals surface area contributed by atoms with Crippen molar-refractivity contribution in [1.29, 1.82) is 0 Å². The zero-order valence-corrected chi connectivity index (χ0v) is 13.8. The summed E-state index contributed by atoms with van der Waals surface area (Å²) in [5, 5.41) is 0.201. The Kier molecular flexibility index (Phi) is 5.79. The Hall–Kier alpha value is 0.0500. The average Bonchev–Trinajstić information content (AvgIpc) is 2.29. The molecular weight excluding hydrogens is 362 g/mol. The maximum absolute atomic E-state index is 11.9. The second kappa shape index (κ2) is 6.47. The fourth-order valence-corrected chi connectivity index (χ4v) is 3.30. The van der Waals surface area contributed by atoms with Gasteiger partial charge in [-0.3, -0.25) is 4.21 Å². The van der Waals surface area contributed by atoms with Crippen LogP contribution in [0.25, 0.3) is 0 Å². The molecule has 0 saturated heterocycles. The van der Waals surface area contributed by atoms with Crippen LogP contribution in [-0.4, -0.2) is 30.7 Å². The standard InChI is InChI=1S/C10H13BrClNO3S2/c1-7(17(2)14)6-13-18(15,16)8-3-4-10(12)9(11)5-8/h3-5,7,13H,6H2,1-2H3. The molecule has 0 heterocycles. The van der Waals surface area contributed by atoms with Crippen molar-refractivity contribution in [3.05, 3.63) is 27.7 Å². The Morgan fingerprint density at radius 3 is 2.61 bits per heavy atom. The van der Waals surface area contributed by atoms with Crippen LogP contribution in [0.5, 0.6) is 0 Å². The Morgan fingerprint density at radius 2 is 2.11 bits per heavy atom. The van der Waals surface area contributed by atoms with Gasteiger partial charge in [-0.1, -0.05) is 11.6 Å². The van der Waals surface area contributed by atoms with Crippen molar-refractivity contribution in [3.8, 4) is 0 Å². The first-order valence-electron chi connectivity index (χ1n) is 5.01. The lowest BCUT2D eigenvalue weighted by Crippen LogP contribution is -2.32. The molecule has 0 aliphatic heterocycles. The average molecular weight is 375 g/mol. The smallest absolute Gasteiger partial charge is 0.240 e. The second-order valence-corrected chi connectivity index (χ2v) is 8.57. The minimum Gasteiger partial charge on any atom is -0.260 e. The van der Waals surface area contributed by atoms with Crippen molar-refractivity contribution in [3.63, 3.8) is 0 Å². The minimum atomic E-state index is -3.60. The van der Waals surface area contributed by atoms with Crippen LogP contribution in [0, 0.1) is 0 Å². The maximum Gasteiger partial charge on any atom is 0.240 e. The molecule has 102 valence electrons. The van der Waals surface area contributed by atoms with Gasteiger partial charge in [-0.15, -0.1) is 0 Å². The van der Waals surface area contributed by atoms with Gasteiger partial charge >= 0.3 is 0 Å². The highest BCUT2D eigenvalue weighted by Gasteiger charge is 2.17. The van der Waals surface area contributed by atoms with Crippen LogP contribution in [0.2, 0.25) is 5.02 Å². The van der Waals surface area contributed by atoms with E-state index in [1.807, 2.05) is 0 Å².